The Morgan fingerprint density at radius 2 is 1.79 bits per heavy atom. The molecule has 0 saturated carbocycles. The largest absolute Gasteiger partial charge is 0.493 e. The number of hydrogen-bond acceptors (Lipinski definition) is 6. The van der Waals surface area contributed by atoms with Gasteiger partial charge >= 0.3 is 0 Å². The van der Waals surface area contributed by atoms with Gasteiger partial charge in [0.25, 0.3) is 0 Å². The Hall–Kier alpha value is -3.22. The van der Waals surface area contributed by atoms with Crippen molar-refractivity contribution in [1.82, 2.24) is 14.8 Å². The van der Waals surface area contributed by atoms with Gasteiger partial charge in [-0.2, -0.15) is 4.98 Å². The summed E-state index contributed by atoms with van der Waals surface area (Å²) in [4.78, 5) is 4.38. The fraction of sp³-hybridized carbons (Fsp3) is 0.333. The van der Waals surface area contributed by atoms with Gasteiger partial charge in [-0.15, -0.1) is 5.10 Å². The predicted octanol–water partition coefficient (Wildman–Crippen LogP) is 3.59. The Morgan fingerprint density at radius 3 is 2.46 bits per heavy atom. The van der Waals surface area contributed by atoms with Crippen LogP contribution in [0.15, 0.2) is 42.5 Å². The molecule has 1 aliphatic heterocycles. The summed E-state index contributed by atoms with van der Waals surface area (Å²) in [5.41, 5.74) is 9.51. The van der Waals surface area contributed by atoms with Crippen LogP contribution in [0.25, 0.3) is 0 Å². The van der Waals surface area contributed by atoms with Crippen LogP contribution in [0.4, 0.5) is 11.9 Å². The summed E-state index contributed by atoms with van der Waals surface area (Å²) in [7, 11) is 3.27. The second kappa shape index (κ2) is 7.42. The first kappa shape index (κ1) is 18.2. The molecule has 0 amide bonds. The highest BCUT2D eigenvalue weighted by molar-refractivity contribution is 5.47. The second-order valence-corrected chi connectivity index (χ2v) is 6.90. The van der Waals surface area contributed by atoms with Gasteiger partial charge in [-0.3, -0.25) is 0 Å². The number of hydrogen-bond donors (Lipinski definition) is 2. The van der Waals surface area contributed by atoms with Crippen LogP contribution < -0.4 is 20.5 Å². The molecule has 1 aliphatic rings. The Kier molecular flexibility index (Phi) is 4.81. The van der Waals surface area contributed by atoms with Crippen LogP contribution in [0.5, 0.6) is 11.5 Å². The first-order chi connectivity index (χ1) is 13.6. The molecule has 0 unspecified atom stereocenters. The standard InChI is InChI=1S/C21H25N5O2/c1-4-13-5-7-14(8-6-13)16-12-17(26-21(23-16)24-20(22)25-26)15-9-10-18(27-2)19(11-15)28-3/h5-11,16-17H,4,12H2,1-3H3,(H3,22,23,24,25)/t16-,17+/m0/s1. The highest BCUT2D eigenvalue weighted by Gasteiger charge is 2.31. The van der Waals surface area contributed by atoms with E-state index < -0.39 is 0 Å². The van der Waals surface area contributed by atoms with Crippen LogP contribution in [-0.4, -0.2) is 29.0 Å². The number of aryl methyl sites for hydroxylation is 1. The van der Waals surface area contributed by atoms with Crippen LogP contribution in [0, 0.1) is 0 Å². The first-order valence-electron chi connectivity index (χ1n) is 9.42. The number of benzene rings is 2. The van der Waals surface area contributed by atoms with Gasteiger partial charge in [-0.25, -0.2) is 4.68 Å². The van der Waals surface area contributed by atoms with Crippen LogP contribution in [0.3, 0.4) is 0 Å². The lowest BCUT2D eigenvalue weighted by molar-refractivity contribution is 0.352. The number of anilines is 2. The van der Waals surface area contributed by atoms with Gasteiger partial charge in [0.2, 0.25) is 11.9 Å². The highest BCUT2D eigenvalue weighted by atomic mass is 16.5. The van der Waals surface area contributed by atoms with E-state index in [1.165, 1.54) is 11.1 Å². The van der Waals surface area contributed by atoms with E-state index in [-0.39, 0.29) is 18.0 Å². The van der Waals surface area contributed by atoms with E-state index in [1.54, 1.807) is 14.2 Å². The van der Waals surface area contributed by atoms with Crippen LogP contribution >= 0.6 is 0 Å². The summed E-state index contributed by atoms with van der Waals surface area (Å²) in [6.07, 6.45) is 1.84. The number of nitrogen functional groups attached to an aromatic ring is 1. The number of nitrogens with one attached hydrogen (secondary N) is 1. The van der Waals surface area contributed by atoms with Crippen molar-refractivity contribution in [3.63, 3.8) is 0 Å². The predicted molar refractivity (Wildman–Crippen MR) is 109 cm³/mol. The topological polar surface area (TPSA) is 87.2 Å². The van der Waals surface area contributed by atoms with Gasteiger partial charge in [0.05, 0.1) is 26.3 Å². The van der Waals surface area contributed by atoms with E-state index >= 15 is 0 Å². The molecule has 0 aliphatic carbocycles. The Balaban J connectivity index is 1.73. The lowest BCUT2D eigenvalue weighted by atomic mass is 9.92. The molecule has 7 heteroatoms. The second-order valence-electron chi connectivity index (χ2n) is 6.90. The van der Waals surface area contributed by atoms with Crippen molar-refractivity contribution in [3.05, 3.63) is 59.2 Å². The third-order valence-corrected chi connectivity index (χ3v) is 5.29. The maximum absolute atomic E-state index is 5.89. The maximum atomic E-state index is 5.89. The monoisotopic (exact) mass is 379 g/mol. The molecule has 2 atom stereocenters. The van der Waals surface area contributed by atoms with E-state index in [2.05, 4.69) is 46.6 Å². The third-order valence-electron chi connectivity index (χ3n) is 5.29. The zero-order chi connectivity index (χ0) is 19.7. The number of methoxy groups -OCH3 is 2. The molecule has 0 fully saturated rings. The Morgan fingerprint density at radius 1 is 1.07 bits per heavy atom. The number of fused-ring (bicyclic) bond motifs is 1. The fourth-order valence-electron chi connectivity index (χ4n) is 3.74. The minimum atomic E-state index is -0.0169. The van der Waals surface area contributed by atoms with Crippen molar-refractivity contribution < 1.29 is 9.47 Å². The van der Waals surface area contributed by atoms with Gasteiger partial charge in [0.15, 0.2) is 11.5 Å². The minimum absolute atomic E-state index is 0.0169. The van der Waals surface area contributed by atoms with Crippen molar-refractivity contribution in [3.8, 4) is 11.5 Å². The van der Waals surface area contributed by atoms with Crippen molar-refractivity contribution >= 4 is 11.9 Å². The summed E-state index contributed by atoms with van der Waals surface area (Å²) in [6, 6.07) is 14.8. The third kappa shape index (κ3) is 3.24. The van der Waals surface area contributed by atoms with Gasteiger partial charge < -0.3 is 20.5 Å². The molecule has 2 heterocycles. The van der Waals surface area contributed by atoms with E-state index in [4.69, 9.17) is 15.2 Å². The number of nitrogens with two attached hydrogens (primary N) is 1. The molecular weight excluding hydrogens is 354 g/mol. The van der Waals surface area contributed by atoms with E-state index in [1.807, 2.05) is 22.9 Å². The van der Waals surface area contributed by atoms with E-state index in [0.717, 1.165) is 18.4 Å². The SMILES string of the molecule is CCc1ccc([C@@H]2C[C@H](c3ccc(OC)c(OC)c3)n3nc(N)nc3N2)cc1. The van der Waals surface area contributed by atoms with Gasteiger partial charge in [0.1, 0.15) is 0 Å². The van der Waals surface area contributed by atoms with Gasteiger partial charge in [0, 0.05) is 0 Å². The molecule has 0 saturated heterocycles. The summed E-state index contributed by atoms with van der Waals surface area (Å²) < 4.78 is 12.7. The quantitative estimate of drug-likeness (QED) is 0.704. The average molecular weight is 379 g/mol. The molecule has 146 valence electrons. The van der Waals surface area contributed by atoms with Crippen molar-refractivity contribution in [2.75, 3.05) is 25.3 Å². The zero-order valence-electron chi connectivity index (χ0n) is 16.3. The van der Waals surface area contributed by atoms with E-state index in [9.17, 15) is 0 Å². The number of aromatic nitrogens is 3. The minimum Gasteiger partial charge on any atom is -0.493 e. The summed E-state index contributed by atoms with van der Waals surface area (Å²) in [5.74, 6) is 2.32. The number of rotatable bonds is 5. The summed E-state index contributed by atoms with van der Waals surface area (Å²) >= 11 is 0. The van der Waals surface area contributed by atoms with Crippen molar-refractivity contribution in [1.29, 1.82) is 0 Å². The molecule has 0 spiro atoms. The first-order valence-corrected chi connectivity index (χ1v) is 9.42. The lowest BCUT2D eigenvalue weighted by Crippen LogP contribution is -2.28. The molecule has 28 heavy (non-hydrogen) atoms. The molecule has 7 nitrogen and oxygen atoms in total. The molecule has 0 bridgehead atoms. The Bertz CT molecular complexity index is 967. The summed E-state index contributed by atoms with van der Waals surface area (Å²) in [6.45, 7) is 2.16. The van der Waals surface area contributed by atoms with Crippen LogP contribution in [0.1, 0.15) is 42.1 Å². The number of nitrogens with zero attached hydrogens (tertiary/aromatic N) is 3. The smallest absolute Gasteiger partial charge is 0.241 e. The van der Waals surface area contributed by atoms with Gasteiger partial charge in [-0.1, -0.05) is 37.3 Å². The molecule has 3 aromatic rings. The normalized spacial score (nSPS) is 18.2. The number of ether oxygens (including phenoxy) is 2. The molecule has 2 aromatic carbocycles. The highest BCUT2D eigenvalue weighted by Crippen LogP contribution is 2.40. The van der Waals surface area contributed by atoms with Crippen molar-refractivity contribution in [2.45, 2.75) is 31.8 Å². The van der Waals surface area contributed by atoms with Crippen LogP contribution in [0.2, 0.25) is 0 Å². The van der Waals surface area contributed by atoms with Gasteiger partial charge in [-0.05, 0) is 41.7 Å². The average Bonchev–Trinajstić information content (AvgIpc) is 3.12. The molecular formula is C21H25N5O2. The zero-order valence-corrected chi connectivity index (χ0v) is 16.3. The fourth-order valence-corrected chi connectivity index (χ4v) is 3.74. The maximum Gasteiger partial charge on any atom is 0.241 e. The molecule has 0 radical (unpaired) electrons. The molecule has 1 aromatic heterocycles. The Labute approximate surface area is 164 Å². The van der Waals surface area contributed by atoms with E-state index in [0.29, 0.717) is 17.4 Å². The molecule has 4 rings (SSSR count). The van der Waals surface area contributed by atoms with Crippen LogP contribution in [-0.2, 0) is 6.42 Å². The van der Waals surface area contributed by atoms with Crippen molar-refractivity contribution in [2.24, 2.45) is 0 Å². The lowest BCUT2D eigenvalue weighted by Gasteiger charge is -2.32. The summed E-state index contributed by atoms with van der Waals surface area (Å²) in [5, 5.41) is 7.89. The molecule has 3 N–H and O–H groups in total.